The first-order valence-corrected chi connectivity index (χ1v) is 6.96. The molecule has 3 heterocycles. The van der Waals surface area contributed by atoms with Gasteiger partial charge in [-0.1, -0.05) is 0 Å². The fourth-order valence-electron chi connectivity index (χ4n) is 2.33. The fourth-order valence-corrected chi connectivity index (χ4v) is 2.52. The van der Waals surface area contributed by atoms with E-state index in [-0.39, 0.29) is 6.04 Å². The first-order chi connectivity index (χ1) is 9.61. The monoisotopic (exact) mass is 290 g/mol. The molecule has 104 valence electrons. The smallest absolute Gasteiger partial charge is 0.217 e. The van der Waals surface area contributed by atoms with E-state index in [1.165, 1.54) is 0 Å². The van der Waals surface area contributed by atoms with Crippen molar-refractivity contribution in [3.05, 3.63) is 41.5 Å². The van der Waals surface area contributed by atoms with E-state index in [2.05, 4.69) is 15.0 Å². The summed E-state index contributed by atoms with van der Waals surface area (Å²) in [5, 5.41) is 0. The Kier molecular flexibility index (Phi) is 3.22. The molecule has 0 fully saturated rings. The van der Waals surface area contributed by atoms with Crippen LogP contribution in [-0.4, -0.2) is 19.5 Å². The Labute approximate surface area is 121 Å². The van der Waals surface area contributed by atoms with Gasteiger partial charge >= 0.3 is 0 Å². The van der Waals surface area contributed by atoms with Crippen molar-refractivity contribution in [1.82, 2.24) is 19.5 Å². The van der Waals surface area contributed by atoms with Gasteiger partial charge in [-0.2, -0.15) is 0 Å². The summed E-state index contributed by atoms with van der Waals surface area (Å²) in [4.78, 5) is 13.3. The molecular formula is C14H15ClN4O. The van der Waals surface area contributed by atoms with E-state index in [0.29, 0.717) is 11.8 Å². The molecule has 5 nitrogen and oxygen atoms in total. The van der Waals surface area contributed by atoms with Crippen molar-refractivity contribution in [2.24, 2.45) is 0 Å². The number of hydrogen-bond donors (Lipinski definition) is 0. The molecule has 3 rings (SSSR count). The second-order valence-electron chi connectivity index (χ2n) is 4.82. The van der Waals surface area contributed by atoms with Gasteiger partial charge in [-0.3, -0.25) is 4.57 Å². The van der Waals surface area contributed by atoms with E-state index in [4.69, 9.17) is 16.0 Å². The molecule has 0 N–H and O–H groups in total. The highest BCUT2D eigenvalue weighted by Gasteiger charge is 2.21. The van der Waals surface area contributed by atoms with Gasteiger partial charge in [0.25, 0.3) is 0 Å². The Morgan fingerprint density at radius 1 is 1.35 bits per heavy atom. The van der Waals surface area contributed by atoms with Gasteiger partial charge < -0.3 is 4.42 Å². The van der Waals surface area contributed by atoms with Crippen LogP contribution in [0, 0.1) is 13.8 Å². The summed E-state index contributed by atoms with van der Waals surface area (Å²) < 4.78 is 7.60. The molecule has 0 bridgehead atoms. The van der Waals surface area contributed by atoms with E-state index in [1.807, 2.05) is 31.4 Å². The Morgan fingerprint density at radius 2 is 2.15 bits per heavy atom. The number of alkyl halides is 1. The highest BCUT2D eigenvalue weighted by molar-refractivity contribution is 6.16. The zero-order chi connectivity index (χ0) is 14.3. The lowest BCUT2D eigenvalue weighted by atomic mass is 10.2. The van der Waals surface area contributed by atoms with Crippen molar-refractivity contribution in [3.63, 3.8) is 0 Å². The zero-order valence-electron chi connectivity index (χ0n) is 11.6. The van der Waals surface area contributed by atoms with Gasteiger partial charge in [0.2, 0.25) is 5.89 Å². The summed E-state index contributed by atoms with van der Waals surface area (Å²) in [6.45, 7) is 5.89. The fraction of sp³-hybridized carbons (Fsp3) is 0.357. The largest absolute Gasteiger partial charge is 0.444 e. The SMILES string of the molecule is Cc1cnc(C(C)n2c(CCl)nc3c(C)ccnc32)o1. The second kappa shape index (κ2) is 4.90. The highest BCUT2D eigenvalue weighted by Crippen LogP contribution is 2.26. The number of aromatic nitrogens is 4. The molecular weight excluding hydrogens is 276 g/mol. The van der Waals surface area contributed by atoms with E-state index in [9.17, 15) is 0 Å². The van der Waals surface area contributed by atoms with Crippen LogP contribution in [0.4, 0.5) is 0 Å². The van der Waals surface area contributed by atoms with Crippen LogP contribution in [0.25, 0.3) is 11.2 Å². The van der Waals surface area contributed by atoms with Crippen LogP contribution in [0.2, 0.25) is 0 Å². The molecule has 1 unspecified atom stereocenters. The number of imidazole rings is 1. The van der Waals surface area contributed by atoms with Gasteiger partial charge in [-0.25, -0.2) is 15.0 Å². The van der Waals surface area contributed by atoms with Gasteiger partial charge in [-0.15, -0.1) is 11.6 Å². The summed E-state index contributed by atoms with van der Waals surface area (Å²) in [7, 11) is 0. The number of rotatable bonds is 3. The number of oxazole rings is 1. The van der Waals surface area contributed by atoms with Gasteiger partial charge in [0.15, 0.2) is 5.65 Å². The van der Waals surface area contributed by atoms with Crippen molar-refractivity contribution >= 4 is 22.8 Å². The molecule has 0 aliphatic carbocycles. The molecule has 0 saturated carbocycles. The van der Waals surface area contributed by atoms with Crippen molar-refractivity contribution in [3.8, 4) is 0 Å². The maximum Gasteiger partial charge on any atom is 0.217 e. The van der Waals surface area contributed by atoms with E-state index in [1.54, 1.807) is 12.4 Å². The van der Waals surface area contributed by atoms with Crippen molar-refractivity contribution in [2.75, 3.05) is 0 Å². The van der Waals surface area contributed by atoms with Crippen LogP contribution in [0.5, 0.6) is 0 Å². The van der Waals surface area contributed by atoms with Crippen LogP contribution in [0.1, 0.15) is 36.0 Å². The number of pyridine rings is 1. The maximum absolute atomic E-state index is 6.03. The Hall–Kier alpha value is -1.88. The number of nitrogens with zero attached hydrogens (tertiary/aromatic N) is 4. The Balaban J connectivity index is 2.21. The lowest BCUT2D eigenvalue weighted by molar-refractivity contribution is 0.414. The van der Waals surface area contributed by atoms with Crippen LogP contribution < -0.4 is 0 Å². The summed E-state index contributed by atoms with van der Waals surface area (Å²) in [6, 6.07) is 1.84. The minimum absolute atomic E-state index is 0.100. The molecule has 0 radical (unpaired) electrons. The summed E-state index contributed by atoms with van der Waals surface area (Å²) in [5.41, 5.74) is 2.76. The zero-order valence-corrected chi connectivity index (χ0v) is 12.3. The van der Waals surface area contributed by atoms with Crippen molar-refractivity contribution in [1.29, 1.82) is 0 Å². The average molecular weight is 291 g/mol. The van der Waals surface area contributed by atoms with E-state index < -0.39 is 0 Å². The lowest BCUT2D eigenvalue weighted by Crippen LogP contribution is -2.10. The van der Waals surface area contributed by atoms with E-state index >= 15 is 0 Å². The third-order valence-corrected chi connectivity index (χ3v) is 3.60. The van der Waals surface area contributed by atoms with E-state index in [0.717, 1.165) is 28.3 Å². The highest BCUT2D eigenvalue weighted by atomic mass is 35.5. The molecule has 6 heteroatoms. The number of fused-ring (bicyclic) bond motifs is 1. The normalized spacial score (nSPS) is 13.0. The molecule has 0 aliphatic heterocycles. The first kappa shape index (κ1) is 13.1. The van der Waals surface area contributed by atoms with Gasteiger partial charge in [0.1, 0.15) is 23.1 Å². The maximum atomic E-state index is 6.03. The quantitative estimate of drug-likeness (QED) is 0.694. The van der Waals surface area contributed by atoms with Crippen molar-refractivity contribution < 1.29 is 4.42 Å². The average Bonchev–Trinajstić information content (AvgIpc) is 3.02. The molecule has 0 spiro atoms. The third-order valence-electron chi connectivity index (χ3n) is 3.36. The molecule has 0 amide bonds. The minimum Gasteiger partial charge on any atom is -0.444 e. The molecule has 0 aromatic carbocycles. The number of halogens is 1. The topological polar surface area (TPSA) is 56.7 Å². The summed E-state index contributed by atoms with van der Waals surface area (Å²) in [6.07, 6.45) is 3.49. The second-order valence-corrected chi connectivity index (χ2v) is 5.08. The Morgan fingerprint density at radius 3 is 2.80 bits per heavy atom. The van der Waals surface area contributed by atoms with Gasteiger partial charge in [-0.05, 0) is 32.4 Å². The number of hydrogen-bond acceptors (Lipinski definition) is 4. The summed E-state index contributed by atoms with van der Waals surface area (Å²) >= 11 is 6.03. The minimum atomic E-state index is -0.100. The predicted molar refractivity (Wildman–Crippen MR) is 76.9 cm³/mol. The van der Waals surface area contributed by atoms with Gasteiger partial charge in [0, 0.05) is 6.20 Å². The predicted octanol–water partition coefficient (Wildman–Crippen LogP) is 3.38. The molecule has 3 aromatic rings. The molecule has 20 heavy (non-hydrogen) atoms. The van der Waals surface area contributed by atoms with Crippen LogP contribution >= 0.6 is 11.6 Å². The van der Waals surface area contributed by atoms with Crippen LogP contribution in [-0.2, 0) is 5.88 Å². The standard InChI is InChI=1S/C14H15ClN4O/c1-8-4-5-16-13-12(8)18-11(6-15)19(13)10(3)14-17-7-9(2)20-14/h4-5,7,10H,6H2,1-3H3. The van der Waals surface area contributed by atoms with Gasteiger partial charge in [0.05, 0.1) is 12.1 Å². The summed E-state index contributed by atoms with van der Waals surface area (Å²) in [5.74, 6) is 2.51. The molecule has 0 saturated heterocycles. The van der Waals surface area contributed by atoms with Crippen LogP contribution in [0.3, 0.4) is 0 Å². The third kappa shape index (κ3) is 1.98. The molecule has 1 atom stereocenters. The van der Waals surface area contributed by atoms with Crippen molar-refractivity contribution in [2.45, 2.75) is 32.7 Å². The Bertz CT molecular complexity index is 762. The lowest BCUT2D eigenvalue weighted by Gasteiger charge is -2.12. The molecule has 3 aromatic heterocycles. The van der Waals surface area contributed by atoms with Crippen LogP contribution in [0.15, 0.2) is 22.9 Å². The molecule has 0 aliphatic rings. The number of aryl methyl sites for hydroxylation is 2. The first-order valence-electron chi connectivity index (χ1n) is 6.42.